The molecule has 4 aromatic rings. The molecule has 0 aliphatic carbocycles. The van der Waals surface area contributed by atoms with Gasteiger partial charge in [-0.15, -0.1) is 0 Å². The number of hydrogen-bond acceptors (Lipinski definition) is 3. The first-order valence-electron chi connectivity index (χ1n) is 10.1. The summed E-state index contributed by atoms with van der Waals surface area (Å²) < 4.78 is 26.7. The maximum atomic E-state index is 13.7. The van der Waals surface area contributed by atoms with E-state index in [9.17, 15) is 18.4 Å². The van der Waals surface area contributed by atoms with Crippen molar-refractivity contribution < 1.29 is 13.6 Å². The maximum absolute atomic E-state index is 13.7. The fourth-order valence-corrected chi connectivity index (χ4v) is 3.47. The number of hydrogen-bond donors (Lipinski definition) is 3. The van der Waals surface area contributed by atoms with Crippen molar-refractivity contribution in [3.8, 4) is 0 Å². The minimum Gasteiger partial charge on any atom is -0.308 e. The van der Waals surface area contributed by atoms with Gasteiger partial charge < -0.3 is 10.6 Å². The Balaban J connectivity index is 1.47. The quantitative estimate of drug-likeness (QED) is 0.398. The first kappa shape index (κ1) is 21.2. The number of urea groups is 1. The van der Waals surface area contributed by atoms with Crippen LogP contribution in [-0.2, 0) is 12.8 Å². The molecule has 6 nitrogen and oxygen atoms in total. The Morgan fingerprint density at radius 1 is 0.906 bits per heavy atom. The van der Waals surface area contributed by atoms with E-state index in [1.807, 2.05) is 18.2 Å². The number of carbonyl (C=O) groups is 1. The van der Waals surface area contributed by atoms with Crippen molar-refractivity contribution >= 4 is 28.2 Å². The second-order valence-corrected chi connectivity index (χ2v) is 7.30. The van der Waals surface area contributed by atoms with Gasteiger partial charge in [0.05, 0.1) is 16.8 Å². The van der Waals surface area contributed by atoms with E-state index in [4.69, 9.17) is 0 Å². The number of amides is 2. The second-order valence-electron chi connectivity index (χ2n) is 7.30. The van der Waals surface area contributed by atoms with Crippen molar-refractivity contribution in [2.75, 3.05) is 10.6 Å². The number of benzene rings is 3. The molecule has 0 saturated heterocycles. The van der Waals surface area contributed by atoms with Crippen LogP contribution < -0.4 is 16.2 Å². The van der Waals surface area contributed by atoms with Crippen LogP contribution in [0.2, 0.25) is 0 Å². The van der Waals surface area contributed by atoms with Gasteiger partial charge in [-0.05, 0) is 49.1 Å². The summed E-state index contributed by atoms with van der Waals surface area (Å²) in [6, 6.07) is 17.1. The van der Waals surface area contributed by atoms with Crippen molar-refractivity contribution in [2.45, 2.75) is 19.3 Å². The Kier molecular flexibility index (Phi) is 6.21. The van der Waals surface area contributed by atoms with E-state index in [-0.39, 0.29) is 11.2 Å². The van der Waals surface area contributed by atoms with Crippen molar-refractivity contribution in [2.24, 2.45) is 0 Å². The molecular weight excluding hydrogens is 414 g/mol. The summed E-state index contributed by atoms with van der Waals surface area (Å²) in [5.41, 5.74) is 1.81. The van der Waals surface area contributed by atoms with E-state index >= 15 is 0 Å². The van der Waals surface area contributed by atoms with Crippen molar-refractivity contribution in [1.82, 2.24) is 10.2 Å². The van der Waals surface area contributed by atoms with E-state index in [1.165, 1.54) is 11.6 Å². The summed E-state index contributed by atoms with van der Waals surface area (Å²) in [6.45, 7) is 0. The summed E-state index contributed by atoms with van der Waals surface area (Å²) in [4.78, 5) is 24.5. The molecule has 2 amide bonds. The van der Waals surface area contributed by atoms with E-state index in [2.05, 4.69) is 33.0 Å². The summed E-state index contributed by atoms with van der Waals surface area (Å²) in [5, 5.41) is 12.7. The van der Waals surface area contributed by atoms with Crippen LogP contribution in [0.3, 0.4) is 0 Å². The van der Waals surface area contributed by atoms with Gasteiger partial charge in [0.15, 0.2) is 0 Å². The van der Waals surface area contributed by atoms with Gasteiger partial charge in [0.2, 0.25) is 0 Å². The molecule has 0 fully saturated rings. The average Bonchev–Trinajstić information content (AvgIpc) is 2.78. The molecule has 8 heteroatoms. The van der Waals surface area contributed by atoms with Gasteiger partial charge in [0, 0.05) is 17.1 Å². The number of aryl methyl sites for hydroxylation is 2. The molecule has 0 aliphatic rings. The van der Waals surface area contributed by atoms with Crippen LogP contribution in [0.4, 0.5) is 25.0 Å². The molecule has 4 rings (SSSR count). The molecule has 3 aromatic carbocycles. The second kappa shape index (κ2) is 9.38. The van der Waals surface area contributed by atoms with Gasteiger partial charge in [-0.2, -0.15) is 5.10 Å². The normalized spacial score (nSPS) is 10.8. The van der Waals surface area contributed by atoms with E-state index < -0.39 is 17.7 Å². The third-order valence-corrected chi connectivity index (χ3v) is 5.03. The number of nitrogens with zero attached hydrogens (tertiary/aromatic N) is 1. The van der Waals surface area contributed by atoms with E-state index in [0.29, 0.717) is 28.9 Å². The molecule has 0 spiro atoms. The van der Waals surface area contributed by atoms with Crippen LogP contribution in [0, 0.1) is 11.6 Å². The van der Waals surface area contributed by atoms with Gasteiger partial charge in [-0.25, -0.2) is 18.7 Å². The molecule has 1 aromatic heterocycles. The number of halogens is 2. The SMILES string of the molecule is O=C(Nc1ccc2c(CCCc3ccccc3)n[nH]c(=O)c2c1)Nc1ccc(F)cc1F. The Bertz CT molecular complexity index is 1320. The molecule has 162 valence electrons. The van der Waals surface area contributed by atoms with Crippen LogP contribution in [0.25, 0.3) is 10.8 Å². The minimum absolute atomic E-state index is 0.160. The van der Waals surface area contributed by atoms with Crippen LogP contribution in [0.15, 0.2) is 71.5 Å². The minimum atomic E-state index is -0.888. The third-order valence-electron chi connectivity index (χ3n) is 5.03. The lowest BCUT2D eigenvalue weighted by atomic mass is 10.0. The lowest BCUT2D eigenvalue weighted by molar-refractivity contribution is 0.262. The predicted octanol–water partition coefficient (Wildman–Crippen LogP) is 5.02. The average molecular weight is 434 g/mol. The van der Waals surface area contributed by atoms with Crippen molar-refractivity contribution in [3.05, 3.63) is 100.0 Å². The zero-order valence-corrected chi connectivity index (χ0v) is 17.0. The summed E-state index contributed by atoms with van der Waals surface area (Å²) in [6.07, 6.45) is 2.44. The fourth-order valence-electron chi connectivity index (χ4n) is 3.47. The molecule has 0 aliphatic heterocycles. The number of nitrogens with one attached hydrogen (secondary N) is 3. The highest BCUT2D eigenvalue weighted by molar-refractivity contribution is 6.01. The van der Waals surface area contributed by atoms with Gasteiger partial charge in [0.25, 0.3) is 5.56 Å². The summed E-state index contributed by atoms with van der Waals surface area (Å²) in [7, 11) is 0. The monoisotopic (exact) mass is 434 g/mol. The van der Waals surface area contributed by atoms with Crippen LogP contribution in [0.5, 0.6) is 0 Å². The molecule has 0 radical (unpaired) electrons. The predicted molar refractivity (Wildman–Crippen MR) is 120 cm³/mol. The number of carbonyl (C=O) groups excluding carboxylic acids is 1. The van der Waals surface area contributed by atoms with Crippen LogP contribution >= 0.6 is 0 Å². The highest BCUT2D eigenvalue weighted by Gasteiger charge is 2.11. The topological polar surface area (TPSA) is 86.9 Å². The maximum Gasteiger partial charge on any atom is 0.323 e. The first-order chi connectivity index (χ1) is 15.5. The van der Waals surface area contributed by atoms with Crippen molar-refractivity contribution in [1.29, 1.82) is 0 Å². The lowest BCUT2D eigenvalue weighted by Crippen LogP contribution is -2.20. The summed E-state index contributed by atoms with van der Waals surface area (Å²) in [5.74, 6) is -1.63. The van der Waals surface area contributed by atoms with Gasteiger partial charge in [-0.1, -0.05) is 36.4 Å². The fraction of sp³-hybridized carbons (Fsp3) is 0.125. The third kappa shape index (κ3) is 4.97. The van der Waals surface area contributed by atoms with Gasteiger partial charge >= 0.3 is 6.03 Å². The Morgan fingerprint density at radius 2 is 1.72 bits per heavy atom. The molecule has 32 heavy (non-hydrogen) atoms. The molecule has 0 bridgehead atoms. The van der Waals surface area contributed by atoms with Crippen LogP contribution in [-0.4, -0.2) is 16.2 Å². The summed E-state index contributed by atoms with van der Waals surface area (Å²) >= 11 is 0. The largest absolute Gasteiger partial charge is 0.323 e. The number of anilines is 2. The number of fused-ring (bicyclic) bond motifs is 1. The molecule has 0 unspecified atom stereocenters. The Morgan fingerprint density at radius 3 is 2.50 bits per heavy atom. The molecular formula is C24H20F2N4O2. The van der Waals surface area contributed by atoms with E-state index in [0.717, 1.165) is 30.7 Å². The zero-order chi connectivity index (χ0) is 22.5. The smallest absolute Gasteiger partial charge is 0.308 e. The Labute approximate surface area is 182 Å². The molecule has 0 saturated carbocycles. The number of H-pyrrole nitrogens is 1. The van der Waals surface area contributed by atoms with Gasteiger partial charge in [-0.3, -0.25) is 4.79 Å². The highest BCUT2D eigenvalue weighted by atomic mass is 19.1. The number of rotatable bonds is 6. The molecule has 1 heterocycles. The highest BCUT2D eigenvalue weighted by Crippen LogP contribution is 2.21. The molecule has 0 atom stereocenters. The molecule has 3 N–H and O–H groups in total. The van der Waals surface area contributed by atoms with Crippen molar-refractivity contribution in [3.63, 3.8) is 0 Å². The standard InChI is InChI=1S/C24H20F2N4O2/c25-16-9-12-22(20(26)13-16)28-24(32)27-17-10-11-18-19(14-17)23(31)30-29-21(18)8-4-7-15-5-2-1-3-6-15/h1-3,5-6,9-14H,4,7-8H2,(H,30,31)(H2,27,28,32). The van der Waals surface area contributed by atoms with Gasteiger partial charge in [0.1, 0.15) is 11.6 Å². The zero-order valence-electron chi connectivity index (χ0n) is 17.0. The number of aromatic nitrogens is 2. The first-order valence-corrected chi connectivity index (χ1v) is 10.1. The van der Waals surface area contributed by atoms with E-state index in [1.54, 1.807) is 12.1 Å². The lowest BCUT2D eigenvalue weighted by Gasteiger charge is -2.10. The Hall–Kier alpha value is -4.07. The number of aromatic amines is 1. The van der Waals surface area contributed by atoms with Crippen LogP contribution in [0.1, 0.15) is 17.7 Å².